The first kappa shape index (κ1) is 29.2. The van der Waals surface area contributed by atoms with Crippen molar-refractivity contribution in [2.45, 2.75) is 90.0 Å². The molecule has 1 saturated heterocycles. The number of esters is 1. The SMILES string of the molecule is CCCCN1C(=O)C(=C2Sc3c(OC(=O)C(C)(C)C)cc(OC)c(OC(C)C)c3S2)C(=O)N1CCCC. The summed E-state index contributed by atoms with van der Waals surface area (Å²) in [6.07, 6.45) is 3.30. The molecular formula is C27H38N2O6S2. The van der Waals surface area contributed by atoms with Crippen LogP contribution in [0.2, 0.25) is 0 Å². The molecule has 0 spiro atoms. The Morgan fingerprint density at radius 2 is 1.49 bits per heavy atom. The van der Waals surface area contributed by atoms with E-state index < -0.39 is 11.4 Å². The Kier molecular flexibility index (Phi) is 9.50. The van der Waals surface area contributed by atoms with Crippen LogP contribution in [-0.2, 0) is 14.4 Å². The van der Waals surface area contributed by atoms with Gasteiger partial charge in [0.1, 0.15) is 11.3 Å². The van der Waals surface area contributed by atoms with E-state index in [1.165, 1.54) is 30.6 Å². The van der Waals surface area contributed by atoms with Gasteiger partial charge in [-0.2, -0.15) is 0 Å². The number of hydrogen-bond acceptors (Lipinski definition) is 8. The standard InChI is InChI=1S/C27H38N2O6S2/c1-9-11-13-28-23(30)19(24(31)29(28)14-12-10-2)25-36-21-18(35-26(32)27(5,6)7)15-17(33-8)20(22(21)37-25)34-16(3)4/h15-16H,9-14H2,1-8H3. The zero-order chi connectivity index (χ0) is 27.5. The number of carbonyl (C=O) groups is 3. The van der Waals surface area contributed by atoms with Crippen molar-refractivity contribution < 1.29 is 28.6 Å². The number of rotatable bonds is 10. The molecule has 1 aromatic carbocycles. The molecule has 0 bridgehead atoms. The molecule has 0 aromatic heterocycles. The average Bonchev–Trinajstić information content (AvgIpc) is 3.35. The van der Waals surface area contributed by atoms with Crippen molar-refractivity contribution in [1.82, 2.24) is 10.0 Å². The molecule has 2 aliphatic rings. The molecule has 2 aliphatic heterocycles. The van der Waals surface area contributed by atoms with Crippen molar-refractivity contribution in [3.8, 4) is 17.2 Å². The number of benzene rings is 1. The molecule has 0 saturated carbocycles. The van der Waals surface area contributed by atoms with Crippen molar-refractivity contribution in [2.24, 2.45) is 5.41 Å². The lowest BCUT2D eigenvalue weighted by molar-refractivity contribution is -0.147. The highest BCUT2D eigenvalue weighted by Crippen LogP contribution is 2.62. The van der Waals surface area contributed by atoms with Gasteiger partial charge in [-0.3, -0.25) is 14.4 Å². The molecule has 0 aliphatic carbocycles. The zero-order valence-corrected chi connectivity index (χ0v) is 24.7. The van der Waals surface area contributed by atoms with Crippen molar-refractivity contribution >= 4 is 41.3 Å². The van der Waals surface area contributed by atoms with Crippen LogP contribution in [0.3, 0.4) is 0 Å². The van der Waals surface area contributed by atoms with Crippen LogP contribution in [0.1, 0.15) is 74.1 Å². The van der Waals surface area contributed by atoms with E-state index in [0.717, 1.165) is 25.7 Å². The van der Waals surface area contributed by atoms with E-state index in [1.54, 1.807) is 36.9 Å². The maximum absolute atomic E-state index is 13.6. The number of amides is 2. The van der Waals surface area contributed by atoms with Gasteiger partial charge in [0.15, 0.2) is 11.5 Å². The summed E-state index contributed by atoms with van der Waals surface area (Å²) in [7, 11) is 1.53. The zero-order valence-electron chi connectivity index (χ0n) is 23.1. The minimum Gasteiger partial charge on any atom is -0.493 e. The third kappa shape index (κ3) is 6.22. The van der Waals surface area contributed by atoms with Gasteiger partial charge in [-0.1, -0.05) is 50.2 Å². The number of carbonyl (C=O) groups excluding carboxylic acids is 3. The summed E-state index contributed by atoms with van der Waals surface area (Å²) in [5, 5.41) is 3.17. The number of thioether (sulfide) groups is 2. The Labute approximate surface area is 228 Å². The number of ether oxygens (including phenoxy) is 3. The van der Waals surface area contributed by atoms with Crippen LogP contribution in [0, 0.1) is 5.41 Å². The number of nitrogens with zero attached hydrogens (tertiary/aromatic N) is 2. The van der Waals surface area contributed by atoms with Crippen molar-refractivity contribution in [2.75, 3.05) is 20.2 Å². The molecule has 10 heteroatoms. The van der Waals surface area contributed by atoms with Crippen LogP contribution in [0.5, 0.6) is 17.2 Å². The Balaban J connectivity index is 2.11. The lowest BCUT2D eigenvalue weighted by Crippen LogP contribution is -2.42. The summed E-state index contributed by atoms with van der Waals surface area (Å²) < 4.78 is 18.1. The summed E-state index contributed by atoms with van der Waals surface area (Å²) in [6, 6.07) is 1.64. The molecule has 2 amide bonds. The summed E-state index contributed by atoms with van der Waals surface area (Å²) in [4.78, 5) is 41.2. The van der Waals surface area contributed by atoms with Gasteiger partial charge in [0, 0.05) is 19.2 Å². The van der Waals surface area contributed by atoms with Crippen molar-refractivity contribution in [3.05, 3.63) is 15.9 Å². The molecule has 204 valence electrons. The number of unbranched alkanes of at least 4 members (excludes halogenated alkanes) is 2. The smallest absolute Gasteiger partial charge is 0.316 e. The second-order valence-electron chi connectivity index (χ2n) is 10.3. The van der Waals surface area contributed by atoms with Gasteiger partial charge in [0.2, 0.25) is 0 Å². The molecule has 1 aromatic rings. The largest absolute Gasteiger partial charge is 0.493 e. The predicted octanol–water partition coefficient (Wildman–Crippen LogP) is 6.03. The first-order chi connectivity index (χ1) is 17.4. The molecule has 0 radical (unpaired) electrons. The van der Waals surface area contributed by atoms with Crippen LogP contribution < -0.4 is 14.2 Å². The van der Waals surface area contributed by atoms with Crippen molar-refractivity contribution in [3.63, 3.8) is 0 Å². The molecule has 37 heavy (non-hydrogen) atoms. The number of hydrazine groups is 1. The monoisotopic (exact) mass is 550 g/mol. The van der Waals surface area contributed by atoms with Gasteiger partial charge in [-0.05, 0) is 47.5 Å². The second kappa shape index (κ2) is 12.0. The Morgan fingerprint density at radius 1 is 0.946 bits per heavy atom. The normalized spacial score (nSPS) is 15.7. The molecule has 0 atom stereocenters. The quantitative estimate of drug-likeness (QED) is 0.151. The van der Waals surface area contributed by atoms with Crippen LogP contribution in [-0.4, -0.2) is 54.1 Å². The number of fused-ring (bicyclic) bond motifs is 1. The third-order valence-corrected chi connectivity index (χ3v) is 8.35. The maximum atomic E-state index is 13.6. The van der Waals surface area contributed by atoms with Crippen LogP contribution in [0.15, 0.2) is 25.7 Å². The Bertz CT molecular complexity index is 1070. The second-order valence-corrected chi connectivity index (χ2v) is 12.6. The maximum Gasteiger partial charge on any atom is 0.316 e. The van der Waals surface area contributed by atoms with Gasteiger partial charge in [0.25, 0.3) is 11.8 Å². The number of methoxy groups -OCH3 is 1. The molecule has 8 nitrogen and oxygen atoms in total. The number of hydrogen-bond donors (Lipinski definition) is 0. The fourth-order valence-electron chi connectivity index (χ4n) is 3.71. The molecule has 0 N–H and O–H groups in total. The molecular weight excluding hydrogens is 512 g/mol. The van der Waals surface area contributed by atoms with E-state index in [2.05, 4.69) is 13.8 Å². The van der Waals surface area contributed by atoms with Crippen molar-refractivity contribution in [1.29, 1.82) is 0 Å². The Morgan fingerprint density at radius 3 is 1.95 bits per heavy atom. The van der Waals surface area contributed by atoms with E-state index in [4.69, 9.17) is 14.2 Å². The highest BCUT2D eigenvalue weighted by atomic mass is 32.2. The van der Waals surface area contributed by atoms with Crippen LogP contribution in [0.4, 0.5) is 0 Å². The lowest BCUT2D eigenvalue weighted by atomic mass is 9.97. The van der Waals surface area contributed by atoms with Gasteiger partial charge in [0.05, 0.1) is 32.7 Å². The van der Waals surface area contributed by atoms with E-state index in [1.807, 2.05) is 13.8 Å². The third-order valence-electron chi connectivity index (χ3n) is 5.74. The molecule has 3 rings (SSSR count). The predicted molar refractivity (Wildman–Crippen MR) is 146 cm³/mol. The first-order valence-electron chi connectivity index (χ1n) is 12.8. The molecule has 0 unspecified atom stereocenters. The minimum absolute atomic E-state index is 0.146. The van der Waals surface area contributed by atoms with E-state index in [-0.39, 0.29) is 23.5 Å². The topological polar surface area (TPSA) is 85.4 Å². The average molecular weight is 551 g/mol. The first-order valence-corrected chi connectivity index (χ1v) is 14.4. The van der Waals surface area contributed by atoms with Gasteiger partial charge in [-0.25, -0.2) is 10.0 Å². The highest BCUT2D eigenvalue weighted by molar-refractivity contribution is 8.25. The van der Waals surface area contributed by atoms with E-state index in [9.17, 15) is 14.4 Å². The highest BCUT2D eigenvalue weighted by Gasteiger charge is 2.45. The summed E-state index contributed by atoms with van der Waals surface area (Å²) in [5.74, 6) is 0.263. The summed E-state index contributed by atoms with van der Waals surface area (Å²) in [6.45, 7) is 14.3. The Hall–Kier alpha value is -2.33. The van der Waals surface area contributed by atoms with E-state index >= 15 is 0 Å². The van der Waals surface area contributed by atoms with Crippen LogP contribution in [0.25, 0.3) is 0 Å². The lowest BCUT2D eigenvalue weighted by Gasteiger charge is -2.27. The summed E-state index contributed by atoms with van der Waals surface area (Å²) in [5.41, 5.74) is -0.567. The van der Waals surface area contributed by atoms with E-state index in [0.29, 0.717) is 44.4 Å². The van der Waals surface area contributed by atoms with Gasteiger partial charge >= 0.3 is 5.97 Å². The van der Waals surface area contributed by atoms with Gasteiger partial charge < -0.3 is 14.2 Å². The molecule has 1 fully saturated rings. The molecule has 2 heterocycles. The fourth-order valence-corrected chi connectivity index (χ4v) is 6.37. The fraction of sp³-hybridized carbons (Fsp3) is 0.593. The summed E-state index contributed by atoms with van der Waals surface area (Å²) >= 11 is 2.56. The minimum atomic E-state index is -0.720. The van der Waals surface area contributed by atoms with Gasteiger partial charge in [-0.15, -0.1) is 0 Å². The van der Waals surface area contributed by atoms with Crippen LogP contribution >= 0.6 is 23.5 Å².